The van der Waals surface area contributed by atoms with Crippen LogP contribution in [-0.4, -0.2) is 39.1 Å². The zero-order chi connectivity index (χ0) is 28.1. The molecule has 0 N–H and O–H groups in total. The first-order valence-electron chi connectivity index (χ1n) is 13.8. The van der Waals surface area contributed by atoms with Crippen LogP contribution in [0.3, 0.4) is 0 Å². The number of carbonyl (C=O) groups is 2. The van der Waals surface area contributed by atoms with Crippen LogP contribution < -0.4 is 15.3 Å². The molecular weight excluding hydrogens is 587 g/mol. The van der Waals surface area contributed by atoms with Gasteiger partial charge in [-0.05, 0) is 0 Å². The summed E-state index contributed by atoms with van der Waals surface area (Å²) in [5.41, 5.74) is 7.15. The number of nitrogens with zero attached hydrogens (tertiary/aromatic N) is 2. The molecule has 0 bridgehead atoms. The second kappa shape index (κ2) is 8.46. The van der Waals surface area contributed by atoms with Crippen molar-refractivity contribution in [2.75, 3.05) is 4.90 Å². The van der Waals surface area contributed by atoms with Gasteiger partial charge in [-0.15, -0.1) is 0 Å². The van der Waals surface area contributed by atoms with E-state index >= 15 is 0 Å². The van der Waals surface area contributed by atoms with E-state index in [1.54, 1.807) is 12.1 Å². The minimum atomic E-state index is -1.98. The minimum absolute atomic E-state index is 0.118. The Labute approximate surface area is 245 Å². The van der Waals surface area contributed by atoms with E-state index in [1.807, 2.05) is 30.6 Å². The van der Waals surface area contributed by atoms with Crippen LogP contribution in [0.1, 0.15) is 48.8 Å². The number of hydrogen-bond acceptors (Lipinski definition) is 4. The van der Waals surface area contributed by atoms with Crippen LogP contribution in [0.25, 0.3) is 6.08 Å². The maximum atomic E-state index is 13.3. The number of carbonyl (C=O) groups excluding carboxylic acids is 2. The molecule has 4 heterocycles. The van der Waals surface area contributed by atoms with Gasteiger partial charge in [0.15, 0.2) is 0 Å². The predicted molar refractivity (Wildman–Crippen MR) is 168 cm³/mol. The summed E-state index contributed by atoms with van der Waals surface area (Å²) in [6.45, 7) is 7.23. The van der Waals surface area contributed by atoms with Gasteiger partial charge in [-0.25, -0.2) is 0 Å². The third kappa shape index (κ3) is 3.18. The molecule has 5 aromatic rings. The van der Waals surface area contributed by atoms with E-state index in [-0.39, 0.29) is 31.6 Å². The summed E-state index contributed by atoms with van der Waals surface area (Å²) in [4.78, 5) is 33.5. The molecule has 0 spiro atoms. The van der Waals surface area contributed by atoms with Crippen molar-refractivity contribution < 1.29 is 9.59 Å². The van der Waals surface area contributed by atoms with E-state index in [0.29, 0.717) is 11.1 Å². The second-order valence-corrected chi connectivity index (χ2v) is 18.2. The third-order valence-corrected chi connectivity index (χ3v) is 15.0. The average molecular weight is 614 g/mol. The van der Waals surface area contributed by atoms with Crippen LogP contribution in [0.2, 0.25) is 13.1 Å². The van der Waals surface area contributed by atoms with E-state index in [2.05, 4.69) is 90.6 Å². The molecule has 41 heavy (non-hydrogen) atoms. The Morgan fingerprint density at radius 2 is 1.46 bits per heavy atom. The number of ketones is 2. The summed E-state index contributed by atoms with van der Waals surface area (Å²) in [7, 11) is -1.98. The molecule has 1 unspecified atom stereocenters. The molecule has 1 atom stereocenters. The molecule has 0 fully saturated rings. The van der Waals surface area contributed by atoms with Gasteiger partial charge >= 0.3 is 247 Å². The van der Waals surface area contributed by atoms with Crippen molar-refractivity contribution in [2.24, 2.45) is 0 Å². The molecule has 0 saturated heterocycles. The molecule has 6 heteroatoms. The summed E-state index contributed by atoms with van der Waals surface area (Å²) in [5.74, 6) is -0.351. The number of anilines is 3. The van der Waals surface area contributed by atoms with Crippen LogP contribution in [0.5, 0.6) is 0 Å². The molecule has 4 nitrogen and oxygen atoms in total. The number of hydrogen-bond donors (Lipinski definition) is 0. The molecular formula is C35H26N2O2SeSi. The van der Waals surface area contributed by atoms with Crippen molar-refractivity contribution in [3.63, 3.8) is 0 Å². The zero-order valence-corrected chi connectivity index (χ0v) is 25.6. The second-order valence-electron chi connectivity index (χ2n) is 11.7. The van der Waals surface area contributed by atoms with E-state index in [4.69, 9.17) is 0 Å². The zero-order valence-electron chi connectivity index (χ0n) is 22.9. The summed E-state index contributed by atoms with van der Waals surface area (Å²) in [6, 6.07) is 29.3. The number of aromatic nitrogens is 1. The molecule has 0 saturated carbocycles. The van der Waals surface area contributed by atoms with Crippen molar-refractivity contribution in [1.82, 2.24) is 4.98 Å². The van der Waals surface area contributed by atoms with Crippen LogP contribution in [0.15, 0.2) is 103 Å². The van der Waals surface area contributed by atoms with Gasteiger partial charge < -0.3 is 0 Å². The van der Waals surface area contributed by atoms with E-state index in [9.17, 15) is 9.59 Å². The van der Waals surface area contributed by atoms with E-state index in [0.717, 1.165) is 4.44 Å². The van der Waals surface area contributed by atoms with Gasteiger partial charge in [0.05, 0.1) is 0 Å². The maximum absolute atomic E-state index is 13.3. The van der Waals surface area contributed by atoms with Gasteiger partial charge in [0.1, 0.15) is 0 Å². The van der Waals surface area contributed by atoms with Crippen molar-refractivity contribution >= 4 is 66.5 Å². The molecule has 198 valence electrons. The van der Waals surface area contributed by atoms with Crippen molar-refractivity contribution in [2.45, 2.75) is 25.4 Å². The summed E-state index contributed by atoms with van der Waals surface area (Å²) in [5, 5.41) is 2.88. The summed E-state index contributed by atoms with van der Waals surface area (Å²) >= 11 is -0.118. The third-order valence-electron chi connectivity index (χ3n) is 9.21. The summed E-state index contributed by atoms with van der Waals surface area (Å²) in [6.07, 6.45) is 5.61. The average Bonchev–Trinajstić information content (AvgIpc) is 3.53. The SMILES string of the molecule is CC1(c2ccncc2)c2cc(C=C3C(=O)c4ccccc4C3=O)[se]c2N2c3ccccc3[Si](C)(C)c3cccc1c32. The Balaban J connectivity index is 1.42. The molecule has 0 amide bonds. The van der Waals surface area contributed by atoms with Crippen molar-refractivity contribution in [3.8, 4) is 0 Å². The Morgan fingerprint density at radius 1 is 0.805 bits per heavy atom. The van der Waals surface area contributed by atoms with Gasteiger partial charge in [-0.2, -0.15) is 0 Å². The molecule has 8 rings (SSSR count). The van der Waals surface area contributed by atoms with Crippen LogP contribution >= 0.6 is 0 Å². The predicted octanol–water partition coefficient (Wildman–Crippen LogP) is 5.87. The Hall–Kier alpha value is -4.09. The van der Waals surface area contributed by atoms with E-state index < -0.39 is 13.5 Å². The topological polar surface area (TPSA) is 50.3 Å². The van der Waals surface area contributed by atoms with Crippen LogP contribution in [0.4, 0.5) is 15.9 Å². The molecule has 1 aliphatic carbocycles. The van der Waals surface area contributed by atoms with Crippen LogP contribution in [-0.2, 0) is 5.41 Å². The number of rotatable bonds is 2. The Morgan fingerprint density at radius 3 is 2.20 bits per heavy atom. The molecule has 2 aliphatic heterocycles. The van der Waals surface area contributed by atoms with Crippen molar-refractivity contribution in [1.29, 1.82) is 0 Å². The molecule has 3 aliphatic rings. The van der Waals surface area contributed by atoms with Gasteiger partial charge in [-0.3, -0.25) is 0 Å². The number of Topliss-reactive ketones (excluding diaryl/α,β-unsaturated/α-hetero) is 2. The quantitative estimate of drug-likeness (QED) is 0.142. The van der Waals surface area contributed by atoms with Crippen molar-refractivity contribution in [3.05, 3.63) is 135 Å². The first-order chi connectivity index (χ1) is 19.8. The first kappa shape index (κ1) is 24.7. The van der Waals surface area contributed by atoms with Gasteiger partial charge in [0.2, 0.25) is 0 Å². The van der Waals surface area contributed by atoms with Gasteiger partial charge in [0, 0.05) is 0 Å². The molecule has 3 aromatic carbocycles. The van der Waals surface area contributed by atoms with Crippen LogP contribution in [0, 0.1) is 0 Å². The molecule has 2 aromatic heterocycles. The molecule has 0 radical (unpaired) electrons. The fourth-order valence-electron chi connectivity index (χ4n) is 7.05. The monoisotopic (exact) mass is 614 g/mol. The van der Waals surface area contributed by atoms with Gasteiger partial charge in [0.25, 0.3) is 0 Å². The fraction of sp³-hybridized carbons (Fsp3) is 0.114. The summed E-state index contributed by atoms with van der Waals surface area (Å²) < 4.78 is 2.32. The number of allylic oxidation sites excluding steroid dienone is 1. The Bertz CT molecular complexity index is 1950. The Kier molecular flexibility index (Phi) is 5.09. The first-order valence-corrected chi connectivity index (χ1v) is 18.5. The number of para-hydroxylation sites is 2. The normalized spacial score (nSPS) is 19.4. The van der Waals surface area contributed by atoms with E-state index in [1.165, 1.54) is 43.0 Å². The fourth-order valence-corrected chi connectivity index (χ4v) is 12.6. The number of benzene rings is 3. The standard InChI is InChI=1S/C35H26N2O2SeSi/c1-35(21-15-17-36-18-16-21)26-11-8-14-30-31(26)37(28-12-6-7-13-29(28)41(30,2)3)34-27(35)20-22(40-34)19-25-32(38)23-9-4-5-10-24(23)33(25)39/h4-20H,1-3H3. The number of pyridine rings is 1. The van der Waals surface area contributed by atoms with Gasteiger partial charge in [-0.1, -0.05) is 0 Å². The number of fused-ring (bicyclic) bond motifs is 5.